The van der Waals surface area contributed by atoms with Gasteiger partial charge in [-0.3, -0.25) is 9.59 Å². The van der Waals surface area contributed by atoms with Crippen LogP contribution < -0.4 is 0 Å². The Bertz CT molecular complexity index is 760. The van der Waals surface area contributed by atoms with Gasteiger partial charge in [-0.05, 0) is 17.7 Å². The number of ketones is 2. The Labute approximate surface area is 123 Å². The number of sulfone groups is 1. The molecule has 0 N–H and O–H groups in total. The van der Waals surface area contributed by atoms with Crippen molar-refractivity contribution in [3.8, 4) is 0 Å². The van der Waals surface area contributed by atoms with Crippen LogP contribution in [0.25, 0.3) is 0 Å². The number of hydrogen-bond donors (Lipinski definition) is 0. The van der Waals surface area contributed by atoms with Crippen LogP contribution in [-0.4, -0.2) is 26.2 Å². The van der Waals surface area contributed by atoms with Crippen molar-refractivity contribution in [2.45, 2.75) is 11.3 Å². The molecule has 2 rings (SSSR count). The smallest absolute Gasteiger partial charge is 0.228 e. The van der Waals surface area contributed by atoms with E-state index in [2.05, 4.69) is 0 Å². The quantitative estimate of drug-likeness (QED) is 0.626. The minimum atomic E-state index is -3.26. The average molecular weight is 302 g/mol. The number of rotatable bonds is 5. The van der Waals surface area contributed by atoms with Crippen LogP contribution in [0.1, 0.15) is 15.9 Å². The predicted molar refractivity (Wildman–Crippen MR) is 79.0 cm³/mol. The molecule has 108 valence electrons. The maximum Gasteiger partial charge on any atom is 0.228 e. The minimum absolute atomic E-state index is 0.0439. The molecule has 0 radical (unpaired) electrons. The Morgan fingerprint density at radius 2 is 1.48 bits per heavy atom. The molecule has 0 atom stereocenters. The molecular weight excluding hydrogens is 288 g/mol. The van der Waals surface area contributed by atoms with Crippen LogP contribution in [0.15, 0.2) is 59.5 Å². The fraction of sp³-hybridized carbons (Fsp3) is 0.125. The lowest BCUT2D eigenvalue weighted by Crippen LogP contribution is -2.16. The van der Waals surface area contributed by atoms with Crippen molar-refractivity contribution >= 4 is 21.4 Å². The molecule has 2 aromatic rings. The van der Waals surface area contributed by atoms with Gasteiger partial charge in [-0.2, -0.15) is 0 Å². The van der Waals surface area contributed by atoms with E-state index in [1.54, 1.807) is 42.5 Å². The summed E-state index contributed by atoms with van der Waals surface area (Å²) >= 11 is 0. The van der Waals surface area contributed by atoms with E-state index < -0.39 is 21.4 Å². The standard InChI is InChI=1S/C16H14O4S/c1-21(19,20)14-9-7-12(8-10-14)11-15(17)16(18)13-5-3-2-4-6-13/h2-10H,11H2,1H3. The van der Waals surface area contributed by atoms with Gasteiger partial charge < -0.3 is 0 Å². The van der Waals surface area contributed by atoms with E-state index in [4.69, 9.17) is 0 Å². The number of carbonyl (C=O) groups is 2. The highest BCUT2D eigenvalue weighted by Crippen LogP contribution is 2.12. The van der Waals surface area contributed by atoms with E-state index in [0.717, 1.165) is 6.26 Å². The van der Waals surface area contributed by atoms with Crippen molar-refractivity contribution in [3.63, 3.8) is 0 Å². The molecule has 0 saturated carbocycles. The SMILES string of the molecule is CS(=O)(=O)c1ccc(CC(=O)C(=O)c2ccccc2)cc1. The zero-order valence-corrected chi connectivity index (χ0v) is 12.3. The van der Waals surface area contributed by atoms with Gasteiger partial charge in [0.25, 0.3) is 0 Å². The third-order valence-corrected chi connectivity index (χ3v) is 4.13. The zero-order chi connectivity index (χ0) is 15.5. The van der Waals surface area contributed by atoms with Crippen LogP contribution >= 0.6 is 0 Å². The summed E-state index contributed by atoms with van der Waals surface area (Å²) in [5.41, 5.74) is 0.965. The van der Waals surface area contributed by atoms with Crippen molar-refractivity contribution in [2.24, 2.45) is 0 Å². The first-order chi connectivity index (χ1) is 9.88. The molecule has 0 aliphatic carbocycles. The van der Waals surface area contributed by atoms with Crippen LogP contribution in [0, 0.1) is 0 Å². The van der Waals surface area contributed by atoms with Crippen molar-refractivity contribution in [3.05, 3.63) is 65.7 Å². The first-order valence-corrected chi connectivity index (χ1v) is 8.18. The van der Waals surface area contributed by atoms with Crippen LogP contribution in [-0.2, 0) is 21.1 Å². The van der Waals surface area contributed by atoms with Crippen LogP contribution in [0.2, 0.25) is 0 Å². The first-order valence-electron chi connectivity index (χ1n) is 6.29. The summed E-state index contributed by atoms with van der Waals surface area (Å²) < 4.78 is 22.7. The molecule has 0 aliphatic rings. The summed E-state index contributed by atoms with van der Waals surface area (Å²) in [5, 5.41) is 0. The number of hydrogen-bond acceptors (Lipinski definition) is 4. The van der Waals surface area contributed by atoms with Gasteiger partial charge in [-0.15, -0.1) is 0 Å². The Kier molecular flexibility index (Phi) is 4.33. The summed E-state index contributed by atoms with van der Waals surface area (Å²) in [4.78, 5) is 24.0. The summed E-state index contributed by atoms with van der Waals surface area (Å²) in [6.07, 6.45) is 1.07. The van der Waals surface area contributed by atoms with E-state index in [0.29, 0.717) is 11.1 Å². The molecule has 4 nitrogen and oxygen atoms in total. The molecule has 0 aliphatic heterocycles. The van der Waals surface area contributed by atoms with Crippen molar-refractivity contribution < 1.29 is 18.0 Å². The Morgan fingerprint density at radius 3 is 2.00 bits per heavy atom. The van der Waals surface area contributed by atoms with Gasteiger partial charge in [0.15, 0.2) is 9.84 Å². The molecular formula is C16H14O4S. The molecule has 0 spiro atoms. The van der Waals surface area contributed by atoms with Gasteiger partial charge in [0.2, 0.25) is 11.6 Å². The lowest BCUT2D eigenvalue weighted by Gasteiger charge is -2.03. The normalized spacial score (nSPS) is 11.1. The third kappa shape index (κ3) is 3.86. The molecule has 5 heteroatoms. The third-order valence-electron chi connectivity index (χ3n) is 3.01. The van der Waals surface area contributed by atoms with Gasteiger partial charge >= 0.3 is 0 Å². The van der Waals surface area contributed by atoms with Gasteiger partial charge in [-0.25, -0.2) is 8.42 Å². The topological polar surface area (TPSA) is 68.3 Å². The van der Waals surface area contributed by atoms with E-state index in [1.807, 2.05) is 0 Å². The van der Waals surface area contributed by atoms with E-state index >= 15 is 0 Å². The second-order valence-electron chi connectivity index (χ2n) is 4.71. The number of benzene rings is 2. The summed E-state index contributed by atoms with van der Waals surface area (Å²) in [6.45, 7) is 0. The van der Waals surface area contributed by atoms with Gasteiger partial charge in [-0.1, -0.05) is 42.5 Å². The summed E-state index contributed by atoms with van der Waals surface area (Å²) in [6, 6.07) is 14.3. The average Bonchev–Trinajstić information content (AvgIpc) is 2.47. The Morgan fingerprint density at radius 1 is 0.905 bits per heavy atom. The number of Topliss-reactive ketones (excluding diaryl/α,β-unsaturated/α-hetero) is 2. The van der Waals surface area contributed by atoms with Crippen LogP contribution in [0.4, 0.5) is 0 Å². The fourth-order valence-electron chi connectivity index (χ4n) is 1.87. The summed E-state index contributed by atoms with van der Waals surface area (Å²) in [5.74, 6) is -1.06. The minimum Gasteiger partial charge on any atom is -0.290 e. The van der Waals surface area contributed by atoms with Crippen molar-refractivity contribution in [2.75, 3.05) is 6.26 Å². The van der Waals surface area contributed by atoms with Gasteiger partial charge in [0, 0.05) is 18.2 Å². The van der Waals surface area contributed by atoms with Gasteiger partial charge in [0.1, 0.15) is 0 Å². The molecule has 0 heterocycles. The highest BCUT2D eigenvalue weighted by Gasteiger charge is 2.16. The number of carbonyl (C=O) groups excluding carboxylic acids is 2. The fourth-order valence-corrected chi connectivity index (χ4v) is 2.50. The highest BCUT2D eigenvalue weighted by molar-refractivity contribution is 7.90. The largest absolute Gasteiger partial charge is 0.290 e. The van der Waals surface area contributed by atoms with E-state index in [1.165, 1.54) is 12.1 Å². The molecule has 21 heavy (non-hydrogen) atoms. The monoisotopic (exact) mass is 302 g/mol. The lowest BCUT2D eigenvalue weighted by atomic mass is 10.0. The Hall–Kier alpha value is -2.27. The molecule has 0 amide bonds. The van der Waals surface area contributed by atoms with Crippen molar-refractivity contribution in [1.29, 1.82) is 0 Å². The summed E-state index contributed by atoms with van der Waals surface area (Å²) in [7, 11) is -3.26. The maximum atomic E-state index is 11.9. The second-order valence-corrected chi connectivity index (χ2v) is 6.73. The molecule has 0 aromatic heterocycles. The zero-order valence-electron chi connectivity index (χ0n) is 11.4. The Balaban J connectivity index is 2.12. The van der Waals surface area contributed by atoms with E-state index in [-0.39, 0.29) is 11.3 Å². The molecule has 0 unspecified atom stereocenters. The molecule has 0 bridgehead atoms. The first kappa shape index (κ1) is 15.1. The second kappa shape index (κ2) is 6.01. The predicted octanol–water partition coefficient (Wildman–Crippen LogP) is 2.08. The van der Waals surface area contributed by atoms with Crippen LogP contribution in [0.5, 0.6) is 0 Å². The molecule has 0 fully saturated rings. The van der Waals surface area contributed by atoms with Crippen molar-refractivity contribution in [1.82, 2.24) is 0 Å². The van der Waals surface area contributed by atoms with Gasteiger partial charge in [0.05, 0.1) is 4.90 Å². The highest BCUT2D eigenvalue weighted by atomic mass is 32.2. The van der Waals surface area contributed by atoms with E-state index in [9.17, 15) is 18.0 Å². The molecule has 2 aromatic carbocycles. The lowest BCUT2D eigenvalue weighted by molar-refractivity contribution is -0.114. The molecule has 0 saturated heterocycles. The van der Waals surface area contributed by atoms with Crippen LogP contribution in [0.3, 0.4) is 0 Å². The maximum absolute atomic E-state index is 11.9.